The number of Topliss-reactive ketones (excluding diaryl/α,β-unsaturated/α-hetero) is 1. The Morgan fingerprint density at radius 2 is 2.09 bits per heavy atom. The van der Waals surface area contributed by atoms with Crippen molar-refractivity contribution in [3.8, 4) is 0 Å². The Labute approximate surface area is 65.2 Å². The monoisotopic (exact) mass is 160 g/mol. The molecule has 0 fully saturated rings. The predicted molar refractivity (Wildman–Crippen MR) is 38.3 cm³/mol. The summed E-state index contributed by atoms with van der Waals surface area (Å²) in [6.45, 7) is 3.35. The van der Waals surface area contributed by atoms with Gasteiger partial charge in [-0.15, -0.1) is 0 Å². The molecule has 11 heavy (non-hydrogen) atoms. The van der Waals surface area contributed by atoms with Gasteiger partial charge in [0.1, 0.15) is 0 Å². The lowest BCUT2D eigenvalue weighted by Crippen LogP contribution is -2.31. The van der Waals surface area contributed by atoms with Gasteiger partial charge >= 0.3 is 5.97 Å². The van der Waals surface area contributed by atoms with Gasteiger partial charge in [0, 0.05) is 6.61 Å². The van der Waals surface area contributed by atoms with Crippen molar-refractivity contribution >= 4 is 11.8 Å². The molecule has 0 spiro atoms. The summed E-state index contributed by atoms with van der Waals surface area (Å²) in [5.41, 5.74) is 0. The Balaban J connectivity index is 3.90. The van der Waals surface area contributed by atoms with Gasteiger partial charge in [-0.1, -0.05) is 6.92 Å². The van der Waals surface area contributed by atoms with Gasteiger partial charge in [0.25, 0.3) is 0 Å². The molecule has 0 aliphatic heterocycles. The molecule has 0 aliphatic rings. The van der Waals surface area contributed by atoms with Crippen molar-refractivity contribution in [3.05, 3.63) is 0 Å². The molecular weight excluding hydrogens is 148 g/mol. The van der Waals surface area contributed by atoms with Gasteiger partial charge in [-0.05, 0) is 13.3 Å². The van der Waals surface area contributed by atoms with Crippen molar-refractivity contribution in [3.63, 3.8) is 0 Å². The van der Waals surface area contributed by atoms with Gasteiger partial charge in [-0.2, -0.15) is 0 Å². The highest BCUT2D eigenvalue weighted by molar-refractivity contribution is 5.99. The molecule has 0 aromatic carbocycles. The molecule has 1 unspecified atom stereocenters. The molecule has 0 bridgehead atoms. The van der Waals surface area contributed by atoms with Crippen LogP contribution in [0.2, 0.25) is 0 Å². The Morgan fingerprint density at radius 3 is 2.36 bits per heavy atom. The third-order valence-electron chi connectivity index (χ3n) is 1.08. The molecule has 0 aromatic heterocycles. The normalized spacial score (nSPS) is 12.5. The van der Waals surface area contributed by atoms with E-state index in [9.17, 15) is 9.59 Å². The number of carboxylic acids is 1. The van der Waals surface area contributed by atoms with Crippen LogP contribution in [0, 0.1) is 0 Å². The summed E-state index contributed by atoms with van der Waals surface area (Å²) < 4.78 is 4.77. The molecule has 0 rings (SSSR count). The fourth-order valence-electron chi connectivity index (χ4n) is 0.598. The molecule has 1 N–H and O–H groups in total. The predicted octanol–water partition coefficient (Wildman–Crippen LogP) is 0.455. The number of carboxylic acid groups (broad SMARTS) is 1. The van der Waals surface area contributed by atoms with Crippen LogP contribution < -0.4 is 0 Å². The standard InChI is InChI=1S/C7H12O4/c1-3-4-11-6(5(2)8)7(9)10/h6H,3-4H2,1-2H3,(H,9,10). The van der Waals surface area contributed by atoms with E-state index in [2.05, 4.69) is 0 Å². The number of hydrogen-bond donors (Lipinski definition) is 1. The van der Waals surface area contributed by atoms with E-state index in [0.29, 0.717) is 13.0 Å². The Bertz CT molecular complexity index is 139. The first-order valence-electron chi connectivity index (χ1n) is 3.44. The minimum absolute atomic E-state index is 0.302. The topological polar surface area (TPSA) is 63.6 Å². The zero-order chi connectivity index (χ0) is 8.85. The minimum atomic E-state index is -1.28. The second kappa shape index (κ2) is 4.85. The van der Waals surface area contributed by atoms with Crippen LogP contribution in [0.1, 0.15) is 20.3 Å². The first kappa shape index (κ1) is 10.1. The van der Waals surface area contributed by atoms with Gasteiger partial charge in [-0.25, -0.2) is 4.79 Å². The quantitative estimate of drug-likeness (QED) is 0.593. The molecule has 0 aliphatic carbocycles. The van der Waals surface area contributed by atoms with E-state index in [1.165, 1.54) is 6.92 Å². The number of carbonyl (C=O) groups is 2. The van der Waals surface area contributed by atoms with Crippen LogP contribution in [0.15, 0.2) is 0 Å². The van der Waals surface area contributed by atoms with E-state index in [1.807, 2.05) is 6.92 Å². The third-order valence-corrected chi connectivity index (χ3v) is 1.08. The van der Waals surface area contributed by atoms with E-state index in [-0.39, 0.29) is 0 Å². The highest BCUT2D eigenvalue weighted by atomic mass is 16.5. The lowest BCUT2D eigenvalue weighted by molar-refractivity contribution is -0.155. The fourth-order valence-corrected chi connectivity index (χ4v) is 0.598. The molecule has 0 saturated heterocycles. The van der Waals surface area contributed by atoms with E-state index in [0.717, 1.165) is 0 Å². The average molecular weight is 160 g/mol. The number of rotatable bonds is 5. The molecule has 4 heteroatoms. The van der Waals surface area contributed by atoms with Crippen molar-refractivity contribution in [1.29, 1.82) is 0 Å². The van der Waals surface area contributed by atoms with E-state index in [4.69, 9.17) is 9.84 Å². The van der Waals surface area contributed by atoms with Crippen LogP contribution in [-0.2, 0) is 14.3 Å². The Kier molecular flexibility index (Phi) is 4.45. The van der Waals surface area contributed by atoms with Crippen molar-refractivity contribution in [1.82, 2.24) is 0 Å². The third kappa shape index (κ3) is 3.72. The van der Waals surface area contributed by atoms with Gasteiger partial charge in [0.2, 0.25) is 6.10 Å². The van der Waals surface area contributed by atoms with Crippen LogP contribution >= 0.6 is 0 Å². The highest BCUT2D eigenvalue weighted by Gasteiger charge is 2.22. The van der Waals surface area contributed by atoms with Crippen LogP contribution in [0.4, 0.5) is 0 Å². The number of ketones is 1. The molecular formula is C7H12O4. The largest absolute Gasteiger partial charge is 0.479 e. The average Bonchev–Trinajstić information content (AvgIpc) is 1.87. The maximum atomic E-state index is 10.6. The van der Waals surface area contributed by atoms with Gasteiger partial charge < -0.3 is 9.84 Å². The van der Waals surface area contributed by atoms with Crippen LogP contribution in [0.5, 0.6) is 0 Å². The molecule has 1 atom stereocenters. The minimum Gasteiger partial charge on any atom is -0.479 e. The van der Waals surface area contributed by atoms with Crippen molar-refractivity contribution in [2.24, 2.45) is 0 Å². The zero-order valence-electron chi connectivity index (χ0n) is 6.66. The highest BCUT2D eigenvalue weighted by Crippen LogP contribution is 1.95. The molecule has 0 aromatic rings. The van der Waals surface area contributed by atoms with E-state index in [1.54, 1.807) is 0 Å². The Morgan fingerprint density at radius 1 is 1.55 bits per heavy atom. The molecule has 0 radical (unpaired) electrons. The number of carbonyl (C=O) groups excluding carboxylic acids is 1. The van der Waals surface area contributed by atoms with Gasteiger partial charge in [-0.3, -0.25) is 4.79 Å². The fraction of sp³-hybridized carbons (Fsp3) is 0.714. The summed E-state index contributed by atoms with van der Waals surface area (Å²) >= 11 is 0. The van der Waals surface area contributed by atoms with Crippen molar-refractivity contribution in [2.45, 2.75) is 26.4 Å². The van der Waals surface area contributed by atoms with E-state index < -0.39 is 17.9 Å². The first-order chi connectivity index (χ1) is 5.09. The van der Waals surface area contributed by atoms with Crippen molar-refractivity contribution in [2.75, 3.05) is 6.61 Å². The SMILES string of the molecule is CCCOC(C(C)=O)C(=O)O. The maximum Gasteiger partial charge on any atom is 0.340 e. The maximum absolute atomic E-state index is 10.6. The lowest BCUT2D eigenvalue weighted by Gasteiger charge is -2.08. The summed E-state index contributed by atoms with van der Waals surface area (Å²) in [6.07, 6.45) is -0.577. The number of ether oxygens (including phenoxy) is 1. The van der Waals surface area contributed by atoms with Gasteiger partial charge in [0.05, 0.1) is 0 Å². The second-order valence-corrected chi connectivity index (χ2v) is 2.20. The molecule has 0 amide bonds. The van der Waals surface area contributed by atoms with Crippen LogP contribution in [0.25, 0.3) is 0 Å². The smallest absolute Gasteiger partial charge is 0.340 e. The van der Waals surface area contributed by atoms with Crippen LogP contribution in [0.3, 0.4) is 0 Å². The summed E-state index contributed by atoms with van der Waals surface area (Å²) in [7, 11) is 0. The van der Waals surface area contributed by atoms with Crippen molar-refractivity contribution < 1.29 is 19.4 Å². The summed E-state index contributed by atoms with van der Waals surface area (Å²) in [6, 6.07) is 0. The van der Waals surface area contributed by atoms with E-state index >= 15 is 0 Å². The number of aliphatic carboxylic acids is 1. The Hall–Kier alpha value is -0.900. The molecule has 4 nitrogen and oxygen atoms in total. The zero-order valence-corrected chi connectivity index (χ0v) is 6.66. The summed E-state index contributed by atoms with van der Waals surface area (Å²) in [5, 5.41) is 8.42. The second-order valence-electron chi connectivity index (χ2n) is 2.20. The first-order valence-corrected chi connectivity index (χ1v) is 3.44. The molecule has 0 heterocycles. The number of hydrogen-bond acceptors (Lipinski definition) is 3. The van der Waals surface area contributed by atoms with Crippen LogP contribution in [-0.4, -0.2) is 29.6 Å². The lowest BCUT2D eigenvalue weighted by atomic mass is 10.2. The summed E-state index contributed by atoms with van der Waals surface area (Å²) in [4.78, 5) is 20.9. The summed E-state index contributed by atoms with van der Waals surface area (Å²) in [5.74, 6) is -1.68. The van der Waals surface area contributed by atoms with Gasteiger partial charge in [0.15, 0.2) is 5.78 Å². The molecule has 0 saturated carbocycles. The molecule has 64 valence electrons.